The number of ketones is 1. The van der Waals surface area contributed by atoms with Crippen molar-refractivity contribution >= 4 is 11.7 Å². The molecule has 3 rings (SSSR count). The minimum absolute atomic E-state index is 0.207. The monoisotopic (exact) mass is 352 g/mol. The van der Waals surface area contributed by atoms with Crippen molar-refractivity contribution < 1.29 is 14.0 Å². The summed E-state index contributed by atoms with van der Waals surface area (Å²) in [6, 6.07) is 11.1. The van der Waals surface area contributed by atoms with E-state index in [0.29, 0.717) is 6.54 Å². The summed E-state index contributed by atoms with van der Waals surface area (Å²) < 4.78 is 13.1. The van der Waals surface area contributed by atoms with Gasteiger partial charge in [-0.2, -0.15) is 5.10 Å². The van der Waals surface area contributed by atoms with Crippen molar-refractivity contribution in [2.75, 3.05) is 0 Å². The number of aromatic nitrogens is 3. The van der Waals surface area contributed by atoms with Gasteiger partial charge >= 0.3 is 0 Å². The van der Waals surface area contributed by atoms with Crippen molar-refractivity contribution in [2.45, 2.75) is 20.0 Å². The summed E-state index contributed by atoms with van der Waals surface area (Å²) in [6.07, 6.45) is 3.31. The van der Waals surface area contributed by atoms with E-state index < -0.39 is 0 Å². The predicted molar refractivity (Wildman–Crippen MR) is 92.8 cm³/mol. The van der Waals surface area contributed by atoms with Gasteiger partial charge in [-0.25, -0.2) is 4.39 Å². The zero-order valence-corrected chi connectivity index (χ0v) is 14.1. The highest BCUT2D eigenvalue weighted by molar-refractivity contribution is 5.97. The van der Waals surface area contributed by atoms with Crippen molar-refractivity contribution in [3.8, 4) is 0 Å². The summed E-state index contributed by atoms with van der Waals surface area (Å²) in [5, 5.41) is 6.48. The maximum absolute atomic E-state index is 13.1. The first kappa shape index (κ1) is 17.5. The Hall–Kier alpha value is -3.35. The second kappa shape index (κ2) is 7.69. The minimum Gasteiger partial charge on any atom is -0.329 e. The van der Waals surface area contributed by atoms with Gasteiger partial charge in [-0.3, -0.25) is 19.7 Å². The molecule has 2 heterocycles. The quantitative estimate of drug-likeness (QED) is 0.692. The summed E-state index contributed by atoms with van der Waals surface area (Å²) >= 11 is 0. The van der Waals surface area contributed by atoms with Gasteiger partial charge < -0.3 is 4.90 Å². The molecule has 1 N–H and O–H groups in total. The van der Waals surface area contributed by atoms with Gasteiger partial charge in [-0.05, 0) is 41.5 Å². The third-order valence-electron chi connectivity index (χ3n) is 3.87. The van der Waals surface area contributed by atoms with Crippen LogP contribution in [0.15, 0.2) is 54.9 Å². The molecule has 0 bridgehead atoms. The number of nitrogens with zero attached hydrogens (tertiary/aromatic N) is 3. The Kier molecular flexibility index (Phi) is 5.17. The third kappa shape index (κ3) is 4.18. The SMILES string of the molecule is CC(=O)c1cc(C(=O)N(Cc2ccncc2)Cc2ccc(F)cc2)[nH]n1. The van der Waals surface area contributed by atoms with Gasteiger partial charge in [0.25, 0.3) is 5.91 Å². The van der Waals surface area contributed by atoms with Crippen LogP contribution in [0.3, 0.4) is 0 Å². The van der Waals surface area contributed by atoms with E-state index in [4.69, 9.17) is 0 Å². The number of H-pyrrole nitrogens is 1. The van der Waals surface area contributed by atoms with E-state index >= 15 is 0 Å². The zero-order chi connectivity index (χ0) is 18.5. The van der Waals surface area contributed by atoms with E-state index in [0.717, 1.165) is 11.1 Å². The molecule has 0 saturated heterocycles. The third-order valence-corrected chi connectivity index (χ3v) is 3.87. The van der Waals surface area contributed by atoms with Gasteiger partial charge in [-0.15, -0.1) is 0 Å². The topological polar surface area (TPSA) is 79.0 Å². The van der Waals surface area contributed by atoms with Crippen LogP contribution in [0, 0.1) is 5.82 Å². The van der Waals surface area contributed by atoms with E-state index in [2.05, 4.69) is 15.2 Å². The van der Waals surface area contributed by atoms with E-state index in [9.17, 15) is 14.0 Å². The highest BCUT2D eigenvalue weighted by atomic mass is 19.1. The second-order valence-electron chi connectivity index (χ2n) is 5.87. The molecule has 0 saturated carbocycles. The summed E-state index contributed by atoms with van der Waals surface area (Å²) in [4.78, 5) is 29.9. The molecule has 7 heteroatoms. The first-order chi connectivity index (χ1) is 12.5. The molecular formula is C19H17FN4O2. The Balaban J connectivity index is 1.86. The van der Waals surface area contributed by atoms with Crippen LogP contribution in [-0.2, 0) is 13.1 Å². The Morgan fingerprint density at radius 1 is 1.04 bits per heavy atom. The van der Waals surface area contributed by atoms with E-state index in [1.54, 1.807) is 29.4 Å². The van der Waals surface area contributed by atoms with Crippen LogP contribution < -0.4 is 0 Å². The van der Waals surface area contributed by atoms with Crippen LogP contribution >= 0.6 is 0 Å². The number of rotatable bonds is 6. The van der Waals surface area contributed by atoms with Crippen LogP contribution in [0.25, 0.3) is 0 Å². The lowest BCUT2D eigenvalue weighted by Gasteiger charge is -2.22. The van der Waals surface area contributed by atoms with Gasteiger partial charge in [-0.1, -0.05) is 12.1 Å². The van der Waals surface area contributed by atoms with Crippen molar-refractivity contribution in [1.29, 1.82) is 0 Å². The summed E-state index contributed by atoms with van der Waals surface area (Å²) in [7, 11) is 0. The number of amides is 1. The average molecular weight is 352 g/mol. The zero-order valence-electron chi connectivity index (χ0n) is 14.1. The van der Waals surface area contributed by atoms with Gasteiger partial charge in [0.05, 0.1) is 0 Å². The van der Waals surface area contributed by atoms with Crippen LogP contribution in [0.2, 0.25) is 0 Å². The van der Waals surface area contributed by atoms with E-state index in [-0.39, 0.29) is 35.4 Å². The molecule has 1 aromatic carbocycles. The fourth-order valence-corrected chi connectivity index (χ4v) is 2.50. The largest absolute Gasteiger partial charge is 0.329 e. The first-order valence-electron chi connectivity index (χ1n) is 8.02. The molecule has 1 amide bonds. The molecular weight excluding hydrogens is 335 g/mol. The molecule has 6 nitrogen and oxygen atoms in total. The molecule has 0 aliphatic carbocycles. The molecule has 0 spiro atoms. The molecule has 0 fully saturated rings. The maximum Gasteiger partial charge on any atom is 0.272 e. The lowest BCUT2D eigenvalue weighted by Crippen LogP contribution is -2.30. The number of halogens is 1. The molecule has 0 aliphatic heterocycles. The number of hydrogen-bond acceptors (Lipinski definition) is 4. The Morgan fingerprint density at radius 3 is 2.23 bits per heavy atom. The fourth-order valence-electron chi connectivity index (χ4n) is 2.50. The van der Waals surface area contributed by atoms with Gasteiger partial charge in [0.2, 0.25) is 0 Å². The Morgan fingerprint density at radius 2 is 1.65 bits per heavy atom. The van der Waals surface area contributed by atoms with Gasteiger partial charge in [0.1, 0.15) is 17.2 Å². The molecule has 0 radical (unpaired) electrons. The normalized spacial score (nSPS) is 10.5. The predicted octanol–water partition coefficient (Wildman–Crippen LogP) is 2.99. The highest BCUT2D eigenvalue weighted by Crippen LogP contribution is 2.14. The fraction of sp³-hybridized carbons (Fsp3) is 0.158. The van der Waals surface area contributed by atoms with Crippen LogP contribution in [0.1, 0.15) is 39.0 Å². The van der Waals surface area contributed by atoms with Gasteiger partial charge in [0.15, 0.2) is 5.78 Å². The Bertz CT molecular complexity index is 907. The molecule has 0 atom stereocenters. The molecule has 3 aromatic rings. The molecule has 26 heavy (non-hydrogen) atoms. The van der Waals surface area contributed by atoms with Crippen molar-refractivity contribution in [1.82, 2.24) is 20.1 Å². The molecule has 2 aromatic heterocycles. The average Bonchev–Trinajstić information content (AvgIpc) is 3.14. The van der Waals surface area contributed by atoms with Crippen LogP contribution in [0.4, 0.5) is 4.39 Å². The summed E-state index contributed by atoms with van der Waals surface area (Å²) in [5.74, 6) is -0.855. The molecule has 0 aliphatic rings. The van der Waals surface area contributed by atoms with Crippen LogP contribution in [-0.4, -0.2) is 31.8 Å². The summed E-state index contributed by atoms with van der Waals surface area (Å²) in [5.41, 5.74) is 2.13. The number of carbonyl (C=O) groups excluding carboxylic acids is 2. The second-order valence-corrected chi connectivity index (χ2v) is 5.87. The number of hydrogen-bond donors (Lipinski definition) is 1. The van der Waals surface area contributed by atoms with Crippen LogP contribution in [0.5, 0.6) is 0 Å². The van der Waals surface area contributed by atoms with Crippen molar-refractivity contribution in [2.24, 2.45) is 0 Å². The van der Waals surface area contributed by atoms with E-state index in [1.165, 1.54) is 25.1 Å². The number of benzene rings is 1. The van der Waals surface area contributed by atoms with Gasteiger partial charge in [0, 0.05) is 32.4 Å². The maximum atomic E-state index is 13.1. The number of aromatic amines is 1. The first-order valence-corrected chi connectivity index (χ1v) is 8.02. The Labute approximate surface area is 149 Å². The lowest BCUT2D eigenvalue weighted by molar-refractivity contribution is 0.0724. The van der Waals surface area contributed by atoms with E-state index in [1.807, 2.05) is 12.1 Å². The highest BCUT2D eigenvalue weighted by Gasteiger charge is 2.20. The molecule has 0 unspecified atom stereocenters. The molecule has 132 valence electrons. The summed E-state index contributed by atoms with van der Waals surface area (Å²) in [6.45, 7) is 2.01. The number of pyridine rings is 1. The smallest absolute Gasteiger partial charge is 0.272 e. The number of nitrogens with one attached hydrogen (secondary N) is 1. The standard InChI is InChI=1S/C19H17FN4O2/c1-13(25)17-10-18(23-22-17)19(26)24(12-15-6-8-21-9-7-15)11-14-2-4-16(20)5-3-14/h2-10H,11-12H2,1H3,(H,22,23). The van der Waals surface area contributed by atoms with Crippen molar-refractivity contribution in [3.63, 3.8) is 0 Å². The number of Topliss-reactive ketones (excluding diaryl/α,β-unsaturated/α-hetero) is 1. The number of carbonyl (C=O) groups is 2. The minimum atomic E-state index is -0.333. The van der Waals surface area contributed by atoms with Crippen molar-refractivity contribution in [3.05, 3.63) is 83.2 Å². The lowest BCUT2D eigenvalue weighted by atomic mass is 10.1.